The summed E-state index contributed by atoms with van der Waals surface area (Å²) in [5.41, 5.74) is 5.62. The normalized spacial score (nSPS) is 12.6. The van der Waals surface area contributed by atoms with E-state index in [0.717, 1.165) is 28.9 Å². The van der Waals surface area contributed by atoms with Gasteiger partial charge in [0, 0.05) is 24.8 Å². The molecule has 0 saturated heterocycles. The van der Waals surface area contributed by atoms with Gasteiger partial charge < -0.3 is 10.2 Å². The molecule has 4 nitrogen and oxygen atoms in total. The van der Waals surface area contributed by atoms with E-state index in [9.17, 15) is 9.59 Å². The molecule has 0 saturated carbocycles. The van der Waals surface area contributed by atoms with Crippen LogP contribution in [0.1, 0.15) is 48.1 Å². The number of nitrogens with zero attached hydrogens (tertiary/aromatic N) is 1. The maximum absolute atomic E-state index is 13.7. The third-order valence-electron chi connectivity index (χ3n) is 6.32. The number of amides is 2. The summed E-state index contributed by atoms with van der Waals surface area (Å²) >= 11 is 1.59. The fourth-order valence-corrected chi connectivity index (χ4v) is 4.90. The lowest BCUT2D eigenvalue weighted by Crippen LogP contribution is -2.52. The molecule has 0 bridgehead atoms. The highest BCUT2D eigenvalue weighted by Crippen LogP contribution is 2.19. The van der Waals surface area contributed by atoms with Crippen LogP contribution in [0.2, 0.25) is 0 Å². The van der Waals surface area contributed by atoms with Gasteiger partial charge in [0.15, 0.2) is 0 Å². The topological polar surface area (TPSA) is 49.4 Å². The molecule has 190 valence electrons. The number of rotatable bonds is 12. The lowest BCUT2D eigenvalue weighted by atomic mass is 10.0. The zero-order valence-corrected chi connectivity index (χ0v) is 22.7. The molecule has 0 aliphatic rings. The molecule has 0 aliphatic carbocycles. The predicted octanol–water partition coefficient (Wildman–Crippen LogP) is 6.09. The summed E-state index contributed by atoms with van der Waals surface area (Å²) in [6, 6.07) is 26.0. The first kappa shape index (κ1) is 27.5. The molecule has 0 aromatic heterocycles. The zero-order valence-electron chi connectivity index (χ0n) is 21.9. The Morgan fingerprint density at radius 3 is 2.22 bits per heavy atom. The second-order valence-electron chi connectivity index (χ2n) is 9.51. The van der Waals surface area contributed by atoms with Gasteiger partial charge in [-0.05, 0) is 43.9 Å². The van der Waals surface area contributed by atoms with E-state index in [1.807, 2.05) is 62.4 Å². The van der Waals surface area contributed by atoms with E-state index in [0.29, 0.717) is 18.7 Å². The molecule has 1 N–H and O–H groups in total. The van der Waals surface area contributed by atoms with Crippen molar-refractivity contribution < 1.29 is 9.59 Å². The fourth-order valence-electron chi connectivity index (χ4n) is 4.03. The first-order valence-corrected chi connectivity index (χ1v) is 13.8. The molecule has 36 heavy (non-hydrogen) atoms. The third-order valence-corrected chi connectivity index (χ3v) is 7.31. The average Bonchev–Trinajstić information content (AvgIpc) is 2.87. The Morgan fingerprint density at radius 2 is 1.56 bits per heavy atom. The molecule has 3 aromatic carbocycles. The van der Waals surface area contributed by atoms with Gasteiger partial charge in [-0.25, -0.2) is 0 Å². The number of hydrogen-bond donors (Lipinski definition) is 1. The average molecular weight is 503 g/mol. The lowest BCUT2D eigenvalue weighted by Gasteiger charge is -2.32. The smallest absolute Gasteiger partial charge is 0.243 e. The van der Waals surface area contributed by atoms with Gasteiger partial charge in [-0.3, -0.25) is 9.59 Å². The van der Waals surface area contributed by atoms with Crippen molar-refractivity contribution in [3.8, 4) is 0 Å². The standard InChI is InChI=1S/C31H38N2O2S/c1-5-25(4)32-31(35)29(19-26-11-7-6-8-12-26)33(20-28-13-9-10-24(3)18-28)30(34)22-36-21-27-16-14-23(2)15-17-27/h6-18,25,29H,5,19-22H2,1-4H3,(H,32,35). The molecule has 2 amide bonds. The first-order valence-electron chi connectivity index (χ1n) is 12.7. The highest BCUT2D eigenvalue weighted by molar-refractivity contribution is 7.99. The van der Waals surface area contributed by atoms with Gasteiger partial charge in [-0.15, -0.1) is 11.8 Å². The van der Waals surface area contributed by atoms with Crippen molar-refractivity contribution in [1.29, 1.82) is 0 Å². The van der Waals surface area contributed by atoms with Crippen molar-refractivity contribution >= 4 is 23.6 Å². The van der Waals surface area contributed by atoms with Crippen LogP contribution in [0.15, 0.2) is 78.9 Å². The van der Waals surface area contributed by atoms with Gasteiger partial charge in [0.05, 0.1) is 5.75 Å². The largest absolute Gasteiger partial charge is 0.352 e. The van der Waals surface area contributed by atoms with Crippen LogP contribution in [0, 0.1) is 13.8 Å². The Balaban J connectivity index is 1.85. The van der Waals surface area contributed by atoms with Gasteiger partial charge in [-0.2, -0.15) is 0 Å². The summed E-state index contributed by atoms with van der Waals surface area (Å²) in [5, 5.41) is 3.13. The van der Waals surface area contributed by atoms with Crippen molar-refractivity contribution in [3.63, 3.8) is 0 Å². The number of hydrogen-bond acceptors (Lipinski definition) is 3. The molecule has 0 radical (unpaired) electrons. The SMILES string of the molecule is CCC(C)NC(=O)C(Cc1ccccc1)N(Cc1cccc(C)c1)C(=O)CSCc1ccc(C)cc1. The third kappa shape index (κ3) is 8.56. The highest BCUT2D eigenvalue weighted by Gasteiger charge is 2.30. The van der Waals surface area contributed by atoms with E-state index in [1.165, 1.54) is 11.1 Å². The second kappa shape index (κ2) is 13.9. The van der Waals surface area contributed by atoms with Crippen LogP contribution in [-0.2, 0) is 28.3 Å². The van der Waals surface area contributed by atoms with Crippen LogP contribution >= 0.6 is 11.8 Å². The molecule has 0 spiro atoms. The number of carbonyl (C=O) groups is 2. The molecule has 0 fully saturated rings. The molecule has 0 heterocycles. The van der Waals surface area contributed by atoms with Gasteiger partial charge in [-0.1, -0.05) is 96.9 Å². The Morgan fingerprint density at radius 1 is 0.861 bits per heavy atom. The van der Waals surface area contributed by atoms with Crippen LogP contribution < -0.4 is 5.32 Å². The molecular formula is C31H38N2O2S. The minimum atomic E-state index is -0.589. The van der Waals surface area contributed by atoms with Crippen LogP contribution in [0.5, 0.6) is 0 Å². The molecule has 2 atom stereocenters. The van der Waals surface area contributed by atoms with E-state index < -0.39 is 6.04 Å². The maximum atomic E-state index is 13.7. The Kier molecular flexibility index (Phi) is 10.6. The van der Waals surface area contributed by atoms with Gasteiger partial charge in [0.25, 0.3) is 0 Å². The van der Waals surface area contributed by atoms with Gasteiger partial charge in [0.1, 0.15) is 6.04 Å². The Labute approximate surface area is 220 Å². The molecular weight excluding hydrogens is 464 g/mol. The molecule has 2 unspecified atom stereocenters. The summed E-state index contributed by atoms with van der Waals surface area (Å²) in [6.07, 6.45) is 1.31. The fraction of sp³-hybridized carbons (Fsp3) is 0.355. The Hall–Kier alpha value is -3.05. The summed E-state index contributed by atoms with van der Waals surface area (Å²) in [6.45, 7) is 8.57. The van der Waals surface area contributed by atoms with Crippen LogP contribution in [-0.4, -0.2) is 34.6 Å². The number of nitrogens with one attached hydrogen (secondary N) is 1. The quantitative estimate of drug-likeness (QED) is 0.326. The van der Waals surface area contributed by atoms with Crippen LogP contribution in [0.3, 0.4) is 0 Å². The van der Waals surface area contributed by atoms with Gasteiger partial charge >= 0.3 is 0 Å². The molecule has 3 aromatic rings. The maximum Gasteiger partial charge on any atom is 0.243 e. The summed E-state index contributed by atoms with van der Waals surface area (Å²) < 4.78 is 0. The minimum absolute atomic E-state index is 0.0196. The minimum Gasteiger partial charge on any atom is -0.352 e. The van der Waals surface area contributed by atoms with E-state index in [2.05, 4.69) is 49.5 Å². The van der Waals surface area contributed by atoms with Gasteiger partial charge in [0.2, 0.25) is 11.8 Å². The number of benzene rings is 3. The van der Waals surface area contributed by atoms with Crippen LogP contribution in [0.4, 0.5) is 0 Å². The summed E-state index contributed by atoms with van der Waals surface area (Å²) in [7, 11) is 0. The number of aryl methyl sites for hydroxylation is 2. The monoisotopic (exact) mass is 502 g/mol. The van der Waals surface area contributed by atoms with Crippen molar-refractivity contribution in [1.82, 2.24) is 10.2 Å². The number of thioether (sulfide) groups is 1. The highest BCUT2D eigenvalue weighted by atomic mass is 32.2. The van der Waals surface area contributed by atoms with E-state index in [-0.39, 0.29) is 17.9 Å². The van der Waals surface area contributed by atoms with Crippen molar-refractivity contribution in [2.45, 2.75) is 64.9 Å². The first-order chi connectivity index (χ1) is 17.4. The van der Waals surface area contributed by atoms with E-state index in [1.54, 1.807) is 16.7 Å². The predicted molar refractivity (Wildman–Crippen MR) is 151 cm³/mol. The Bertz CT molecular complexity index is 1110. The summed E-state index contributed by atoms with van der Waals surface area (Å²) in [5.74, 6) is 0.959. The zero-order chi connectivity index (χ0) is 25.9. The molecule has 5 heteroatoms. The lowest BCUT2D eigenvalue weighted by molar-refractivity contribution is -0.139. The summed E-state index contributed by atoms with van der Waals surface area (Å²) in [4.78, 5) is 29.0. The van der Waals surface area contributed by atoms with Crippen molar-refractivity contribution in [3.05, 3.63) is 107 Å². The van der Waals surface area contributed by atoms with E-state index >= 15 is 0 Å². The molecule has 0 aliphatic heterocycles. The van der Waals surface area contributed by atoms with Crippen molar-refractivity contribution in [2.24, 2.45) is 0 Å². The second-order valence-corrected chi connectivity index (χ2v) is 10.5. The number of carbonyl (C=O) groups excluding carboxylic acids is 2. The van der Waals surface area contributed by atoms with Crippen LogP contribution in [0.25, 0.3) is 0 Å². The van der Waals surface area contributed by atoms with E-state index in [4.69, 9.17) is 0 Å². The van der Waals surface area contributed by atoms with Crippen molar-refractivity contribution in [2.75, 3.05) is 5.75 Å². The molecule has 3 rings (SSSR count).